The number of benzene rings is 1. The van der Waals surface area contributed by atoms with E-state index in [1.54, 1.807) is 18.2 Å². The number of nitrogen functional groups attached to an aromatic ring is 1. The summed E-state index contributed by atoms with van der Waals surface area (Å²) in [6.07, 6.45) is 1.71. The third kappa shape index (κ3) is 3.14. The molecule has 6 heteroatoms. The molecule has 1 heterocycles. The van der Waals surface area contributed by atoms with Crippen LogP contribution in [0.2, 0.25) is 0 Å². The van der Waals surface area contributed by atoms with Crippen molar-refractivity contribution in [3.63, 3.8) is 0 Å². The summed E-state index contributed by atoms with van der Waals surface area (Å²) in [5.41, 5.74) is 6.62. The molecule has 1 amide bonds. The first-order valence-electron chi connectivity index (χ1n) is 6.51. The van der Waals surface area contributed by atoms with Crippen LogP contribution in [0.5, 0.6) is 0 Å². The van der Waals surface area contributed by atoms with E-state index in [9.17, 15) is 9.59 Å². The van der Waals surface area contributed by atoms with E-state index in [4.69, 9.17) is 5.73 Å². The van der Waals surface area contributed by atoms with Crippen molar-refractivity contribution in [1.82, 2.24) is 14.9 Å². The van der Waals surface area contributed by atoms with Gasteiger partial charge in [-0.15, -0.1) is 0 Å². The van der Waals surface area contributed by atoms with Crippen molar-refractivity contribution in [2.75, 3.05) is 5.73 Å². The molecule has 1 aromatic heterocycles. The van der Waals surface area contributed by atoms with Crippen LogP contribution in [0.25, 0.3) is 10.9 Å². The maximum Gasteiger partial charge on any atom is 0.261 e. The Morgan fingerprint density at radius 2 is 2.20 bits per heavy atom. The molecule has 0 bridgehead atoms. The second-order valence-electron chi connectivity index (χ2n) is 4.99. The number of anilines is 1. The second-order valence-corrected chi connectivity index (χ2v) is 4.99. The van der Waals surface area contributed by atoms with Crippen LogP contribution in [0.3, 0.4) is 0 Å². The number of hydrogen-bond acceptors (Lipinski definition) is 4. The van der Waals surface area contributed by atoms with Gasteiger partial charge < -0.3 is 11.1 Å². The van der Waals surface area contributed by atoms with Crippen LogP contribution >= 0.6 is 0 Å². The van der Waals surface area contributed by atoms with Gasteiger partial charge in [0.05, 0.1) is 17.2 Å². The fraction of sp³-hybridized carbons (Fsp3) is 0.357. The van der Waals surface area contributed by atoms with Crippen LogP contribution in [0, 0.1) is 0 Å². The van der Waals surface area contributed by atoms with E-state index in [-0.39, 0.29) is 23.9 Å². The van der Waals surface area contributed by atoms with Gasteiger partial charge in [0.15, 0.2) is 0 Å². The van der Waals surface area contributed by atoms with E-state index in [0.717, 1.165) is 0 Å². The highest BCUT2D eigenvalue weighted by atomic mass is 16.2. The number of hydrogen-bond donors (Lipinski definition) is 2. The zero-order valence-electron chi connectivity index (χ0n) is 11.6. The summed E-state index contributed by atoms with van der Waals surface area (Å²) in [6.45, 7) is 4.09. The second kappa shape index (κ2) is 5.73. The quantitative estimate of drug-likeness (QED) is 0.810. The number of nitrogens with zero attached hydrogens (tertiary/aromatic N) is 2. The van der Waals surface area contributed by atoms with E-state index < -0.39 is 0 Å². The first-order chi connectivity index (χ1) is 9.47. The lowest BCUT2D eigenvalue weighted by Gasteiger charge is -2.09. The van der Waals surface area contributed by atoms with E-state index in [0.29, 0.717) is 23.1 Å². The van der Waals surface area contributed by atoms with Crippen LogP contribution in [0.4, 0.5) is 5.69 Å². The average Bonchev–Trinajstić information content (AvgIpc) is 2.38. The molecule has 6 nitrogen and oxygen atoms in total. The third-order valence-electron chi connectivity index (χ3n) is 2.88. The van der Waals surface area contributed by atoms with Gasteiger partial charge in [-0.3, -0.25) is 14.2 Å². The highest BCUT2D eigenvalue weighted by Crippen LogP contribution is 2.10. The van der Waals surface area contributed by atoms with Gasteiger partial charge in [0.25, 0.3) is 5.56 Å². The Bertz CT molecular complexity index is 691. The lowest BCUT2D eigenvalue weighted by atomic mass is 10.2. The molecule has 0 unspecified atom stereocenters. The van der Waals surface area contributed by atoms with Crippen molar-refractivity contribution in [2.24, 2.45) is 0 Å². The summed E-state index contributed by atoms with van der Waals surface area (Å²) in [6, 6.07) is 5.11. The zero-order valence-corrected chi connectivity index (χ0v) is 11.6. The Labute approximate surface area is 116 Å². The molecule has 2 rings (SSSR count). The standard InChI is InChI=1S/C14H18N4O2/c1-9(2)17-13(19)5-6-18-8-16-12-4-3-10(15)7-11(12)14(18)20/h3-4,7-9H,5-6,15H2,1-2H3,(H,17,19). The van der Waals surface area contributed by atoms with Gasteiger partial charge in [0.2, 0.25) is 5.91 Å². The van der Waals surface area contributed by atoms with E-state index in [1.165, 1.54) is 10.9 Å². The van der Waals surface area contributed by atoms with Crippen molar-refractivity contribution < 1.29 is 4.79 Å². The number of aromatic nitrogens is 2. The smallest absolute Gasteiger partial charge is 0.261 e. The van der Waals surface area contributed by atoms with E-state index >= 15 is 0 Å². The Kier molecular flexibility index (Phi) is 4.02. The number of nitrogens with one attached hydrogen (secondary N) is 1. The number of carbonyl (C=O) groups is 1. The summed E-state index contributed by atoms with van der Waals surface area (Å²) in [5.74, 6) is -0.0837. The number of aryl methyl sites for hydroxylation is 1. The normalized spacial score (nSPS) is 10.9. The zero-order chi connectivity index (χ0) is 14.7. The molecule has 0 saturated carbocycles. The molecule has 0 saturated heterocycles. The highest BCUT2D eigenvalue weighted by molar-refractivity contribution is 5.80. The Morgan fingerprint density at radius 3 is 2.90 bits per heavy atom. The van der Waals surface area contributed by atoms with Gasteiger partial charge in [-0.05, 0) is 32.0 Å². The molecule has 0 atom stereocenters. The number of rotatable bonds is 4. The Balaban J connectivity index is 2.21. The van der Waals surface area contributed by atoms with Crippen LogP contribution < -0.4 is 16.6 Å². The molecular formula is C14H18N4O2. The predicted molar refractivity (Wildman–Crippen MR) is 78.3 cm³/mol. The summed E-state index contributed by atoms with van der Waals surface area (Å²) in [7, 11) is 0. The van der Waals surface area contributed by atoms with E-state index in [1.807, 2.05) is 13.8 Å². The molecule has 1 aromatic carbocycles. The maximum atomic E-state index is 12.3. The highest BCUT2D eigenvalue weighted by Gasteiger charge is 2.07. The van der Waals surface area contributed by atoms with Crippen LogP contribution in [-0.2, 0) is 11.3 Å². The molecule has 2 aromatic rings. The molecule has 0 aliphatic heterocycles. The first kappa shape index (κ1) is 14.0. The summed E-state index contributed by atoms with van der Waals surface area (Å²) in [5, 5.41) is 3.25. The molecule has 0 aliphatic carbocycles. The summed E-state index contributed by atoms with van der Waals surface area (Å²) < 4.78 is 1.43. The largest absolute Gasteiger partial charge is 0.399 e. The van der Waals surface area contributed by atoms with Crippen molar-refractivity contribution in [3.8, 4) is 0 Å². The molecule has 106 valence electrons. The van der Waals surface area contributed by atoms with Crippen molar-refractivity contribution in [2.45, 2.75) is 32.9 Å². The SMILES string of the molecule is CC(C)NC(=O)CCn1cnc2ccc(N)cc2c1=O. The number of nitrogens with two attached hydrogens (primary N) is 1. The summed E-state index contributed by atoms with van der Waals surface area (Å²) in [4.78, 5) is 28.0. The molecule has 3 N–H and O–H groups in total. The van der Waals surface area contributed by atoms with Crippen LogP contribution in [-0.4, -0.2) is 21.5 Å². The molecule has 0 fully saturated rings. The third-order valence-corrected chi connectivity index (χ3v) is 2.88. The van der Waals surface area contributed by atoms with Gasteiger partial charge in [-0.25, -0.2) is 4.98 Å². The van der Waals surface area contributed by atoms with E-state index in [2.05, 4.69) is 10.3 Å². The van der Waals surface area contributed by atoms with Crippen LogP contribution in [0.1, 0.15) is 20.3 Å². The molecule has 0 radical (unpaired) electrons. The Hall–Kier alpha value is -2.37. The van der Waals surface area contributed by atoms with Gasteiger partial charge >= 0.3 is 0 Å². The number of amides is 1. The van der Waals surface area contributed by atoms with Crippen molar-refractivity contribution in [1.29, 1.82) is 0 Å². The van der Waals surface area contributed by atoms with Crippen molar-refractivity contribution in [3.05, 3.63) is 34.9 Å². The minimum absolute atomic E-state index is 0.0837. The lowest BCUT2D eigenvalue weighted by Crippen LogP contribution is -2.32. The fourth-order valence-corrected chi connectivity index (χ4v) is 1.95. The van der Waals surface area contributed by atoms with Gasteiger partial charge in [-0.1, -0.05) is 0 Å². The Morgan fingerprint density at radius 1 is 1.45 bits per heavy atom. The molecular weight excluding hydrogens is 256 g/mol. The predicted octanol–water partition coefficient (Wildman–Crippen LogP) is 0.893. The van der Waals surface area contributed by atoms with Crippen molar-refractivity contribution >= 4 is 22.5 Å². The maximum absolute atomic E-state index is 12.3. The molecule has 0 aliphatic rings. The minimum atomic E-state index is -0.181. The fourth-order valence-electron chi connectivity index (χ4n) is 1.95. The van der Waals surface area contributed by atoms with Crippen LogP contribution in [0.15, 0.2) is 29.3 Å². The van der Waals surface area contributed by atoms with Gasteiger partial charge in [0, 0.05) is 24.7 Å². The number of carbonyl (C=O) groups excluding carboxylic acids is 1. The number of fused-ring (bicyclic) bond motifs is 1. The minimum Gasteiger partial charge on any atom is -0.399 e. The first-order valence-corrected chi connectivity index (χ1v) is 6.51. The monoisotopic (exact) mass is 274 g/mol. The average molecular weight is 274 g/mol. The molecule has 0 spiro atoms. The topological polar surface area (TPSA) is 90.0 Å². The molecule has 20 heavy (non-hydrogen) atoms. The lowest BCUT2D eigenvalue weighted by molar-refractivity contribution is -0.121. The van der Waals surface area contributed by atoms with Gasteiger partial charge in [0.1, 0.15) is 0 Å². The summed E-state index contributed by atoms with van der Waals surface area (Å²) >= 11 is 0. The van der Waals surface area contributed by atoms with Gasteiger partial charge in [-0.2, -0.15) is 0 Å².